The molecule has 0 radical (unpaired) electrons. The van der Waals surface area contributed by atoms with E-state index in [0.29, 0.717) is 12.8 Å². The summed E-state index contributed by atoms with van der Waals surface area (Å²) in [5.74, 6) is -0.677. The number of hydroxylamine groups is 2. The number of aliphatic hydroxyl groups excluding tert-OH is 1. The number of hydrogen-bond acceptors (Lipinski definition) is 3. The van der Waals surface area contributed by atoms with Crippen LogP contribution in [0.25, 0.3) is 0 Å². The van der Waals surface area contributed by atoms with Crippen LogP contribution in [0.3, 0.4) is 0 Å². The number of rotatable bonds is 5. The molecule has 0 saturated heterocycles. The van der Waals surface area contributed by atoms with E-state index < -0.39 is 16.3 Å². The van der Waals surface area contributed by atoms with Crippen LogP contribution in [-0.4, -0.2) is 40.7 Å². The number of aliphatic hydroxyl groups is 1. The van der Waals surface area contributed by atoms with Crippen LogP contribution in [0.5, 0.6) is 0 Å². The van der Waals surface area contributed by atoms with Crippen LogP contribution in [0.15, 0.2) is 0 Å². The monoisotopic (exact) mass is 243 g/mol. The molecule has 1 atom stereocenters. The van der Waals surface area contributed by atoms with Crippen molar-refractivity contribution in [3.8, 4) is 0 Å². The second-order valence-electron chi connectivity index (χ2n) is 2.91. The lowest BCUT2D eigenvalue weighted by atomic mass is 10.1. The third-order valence-corrected chi connectivity index (χ3v) is 2.65. The van der Waals surface area contributed by atoms with E-state index in [2.05, 4.69) is 4.84 Å². The molecule has 84 valence electrons. The SMILES string of the molecule is CCC[C@@H](O)C(Cl)(Cl)C(=O)N(C)OC. The molecule has 1 N–H and O–H groups in total. The molecule has 0 heterocycles. The summed E-state index contributed by atoms with van der Waals surface area (Å²) in [5.41, 5.74) is 0. The highest BCUT2D eigenvalue weighted by atomic mass is 35.5. The van der Waals surface area contributed by atoms with Gasteiger partial charge in [0.15, 0.2) is 0 Å². The van der Waals surface area contributed by atoms with Crippen molar-refractivity contribution in [3.05, 3.63) is 0 Å². The predicted octanol–water partition coefficient (Wildman–Crippen LogP) is 1.34. The molecule has 0 aliphatic carbocycles. The summed E-state index contributed by atoms with van der Waals surface area (Å²) in [6.07, 6.45) is -0.0521. The molecule has 4 nitrogen and oxygen atoms in total. The average Bonchev–Trinajstić information content (AvgIpc) is 2.15. The predicted molar refractivity (Wildman–Crippen MR) is 55.1 cm³/mol. The van der Waals surface area contributed by atoms with E-state index >= 15 is 0 Å². The molecule has 14 heavy (non-hydrogen) atoms. The first-order valence-electron chi connectivity index (χ1n) is 4.26. The fraction of sp³-hybridized carbons (Fsp3) is 0.875. The highest BCUT2D eigenvalue weighted by Gasteiger charge is 2.43. The van der Waals surface area contributed by atoms with Crippen molar-refractivity contribution in [2.45, 2.75) is 30.2 Å². The number of amides is 1. The van der Waals surface area contributed by atoms with Gasteiger partial charge in [0.25, 0.3) is 5.91 Å². The van der Waals surface area contributed by atoms with Crippen LogP contribution >= 0.6 is 23.2 Å². The molecule has 0 rings (SSSR count). The first kappa shape index (κ1) is 14.0. The molecule has 1 amide bonds. The zero-order valence-corrected chi connectivity index (χ0v) is 9.97. The van der Waals surface area contributed by atoms with Crippen molar-refractivity contribution in [2.24, 2.45) is 0 Å². The molecule has 0 bridgehead atoms. The zero-order valence-electron chi connectivity index (χ0n) is 8.46. The van der Waals surface area contributed by atoms with Gasteiger partial charge < -0.3 is 5.11 Å². The van der Waals surface area contributed by atoms with Crippen LogP contribution in [0, 0.1) is 0 Å². The molecule has 0 aromatic rings. The summed E-state index contributed by atoms with van der Waals surface area (Å²) in [7, 11) is 2.69. The lowest BCUT2D eigenvalue weighted by molar-refractivity contribution is -0.171. The van der Waals surface area contributed by atoms with Gasteiger partial charge in [-0.2, -0.15) is 0 Å². The fourth-order valence-corrected chi connectivity index (χ4v) is 1.35. The van der Waals surface area contributed by atoms with Crippen LogP contribution in [-0.2, 0) is 9.63 Å². The molecular weight excluding hydrogens is 229 g/mol. The van der Waals surface area contributed by atoms with Gasteiger partial charge in [-0.1, -0.05) is 36.5 Å². The lowest BCUT2D eigenvalue weighted by Crippen LogP contribution is -2.47. The summed E-state index contributed by atoms with van der Waals surface area (Å²) in [4.78, 5) is 16.1. The first-order valence-corrected chi connectivity index (χ1v) is 5.01. The van der Waals surface area contributed by atoms with E-state index in [1.54, 1.807) is 0 Å². The Balaban J connectivity index is 4.51. The Hall–Kier alpha value is -0.0300. The normalized spacial score (nSPS) is 13.9. The zero-order chi connectivity index (χ0) is 11.4. The molecule has 0 unspecified atom stereocenters. The fourth-order valence-electron chi connectivity index (χ4n) is 0.890. The smallest absolute Gasteiger partial charge is 0.284 e. The van der Waals surface area contributed by atoms with Gasteiger partial charge >= 0.3 is 0 Å². The Morgan fingerprint density at radius 2 is 2.14 bits per heavy atom. The van der Waals surface area contributed by atoms with Crippen molar-refractivity contribution in [1.29, 1.82) is 0 Å². The summed E-state index contributed by atoms with van der Waals surface area (Å²) >= 11 is 11.5. The van der Waals surface area contributed by atoms with Crippen molar-refractivity contribution in [2.75, 3.05) is 14.2 Å². The minimum absolute atomic E-state index is 0.357. The van der Waals surface area contributed by atoms with E-state index in [-0.39, 0.29) is 0 Å². The third-order valence-electron chi connectivity index (χ3n) is 1.83. The number of nitrogens with zero attached hydrogens (tertiary/aromatic N) is 1. The van der Waals surface area contributed by atoms with Crippen LogP contribution in [0.1, 0.15) is 19.8 Å². The second kappa shape index (κ2) is 5.75. The molecule has 0 aromatic carbocycles. The summed E-state index contributed by atoms with van der Waals surface area (Å²) in [5, 5.41) is 10.4. The van der Waals surface area contributed by atoms with Gasteiger partial charge in [0.2, 0.25) is 4.33 Å². The standard InChI is InChI=1S/C8H15Cl2NO3/c1-4-5-6(12)8(9,10)7(13)11(2)14-3/h6,12H,4-5H2,1-3H3/t6-/m1/s1. The van der Waals surface area contributed by atoms with Crippen LogP contribution < -0.4 is 0 Å². The first-order chi connectivity index (χ1) is 6.37. The maximum absolute atomic E-state index is 11.5. The van der Waals surface area contributed by atoms with Gasteiger partial charge in [0.1, 0.15) is 0 Å². The highest BCUT2D eigenvalue weighted by Crippen LogP contribution is 2.30. The highest BCUT2D eigenvalue weighted by molar-refractivity contribution is 6.58. The van der Waals surface area contributed by atoms with Gasteiger partial charge in [0.05, 0.1) is 13.2 Å². The van der Waals surface area contributed by atoms with Gasteiger partial charge in [0, 0.05) is 7.05 Å². The summed E-state index contributed by atoms with van der Waals surface area (Å²) in [6.45, 7) is 1.86. The van der Waals surface area contributed by atoms with Crippen molar-refractivity contribution in [1.82, 2.24) is 5.06 Å². The van der Waals surface area contributed by atoms with E-state index in [4.69, 9.17) is 23.2 Å². The van der Waals surface area contributed by atoms with E-state index in [9.17, 15) is 9.90 Å². The van der Waals surface area contributed by atoms with E-state index in [1.165, 1.54) is 14.2 Å². The maximum atomic E-state index is 11.5. The number of halogens is 2. The summed E-state index contributed by atoms with van der Waals surface area (Å²) < 4.78 is -1.85. The number of hydrogen-bond donors (Lipinski definition) is 1. The van der Waals surface area contributed by atoms with Crippen molar-refractivity contribution >= 4 is 29.1 Å². The average molecular weight is 244 g/mol. The van der Waals surface area contributed by atoms with Gasteiger partial charge in [-0.05, 0) is 6.42 Å². The Kier molecular flexibility index (Phi) is 5.74. The molecule has 0 aromatic heterocycles. The van der Waals surface area contributed by atoms with Gasteiger partial charge in [-0.15, -0.1) is 0 Å². The second-order valence-corrected chi connectivity index (χ2v) is 4.30. The third kappa shape index (κ3) is 3.28. The Morgan fingerprint density at radius 3 is 2.50 bits per heavy atom. The number of carbonyl (C=O) groups is 1. The van der Waals surface area contributed by atoms with Gasteiger partial charge in [-0.25, -0.2) is 5.06 Å². The molecule has 0 aliphatic heterocycles. The summed E-state index contributed by atoms with van der Waals surface area (Å²) in [6, 6.07) is 0. The number of alkyl halides is 2. The molecule has 0 saturated carbocycles. The van der Waals surface area contributed by atoms with Crippen molar-refractivity contribution < 1.29 is 14.7 Å². The Morgan fingerprint density at radius 1 is 1.64 bits per heavy atom. The Labute approximate surface area is 93.7 Å². The molecule has 6 heteroatoms. The van der Waals surface area contributed by atoms with E-state index in [1.807, 2.05) is 6.92 Å². The molecule has 0 spiro atoms. The molecule has 0 aliphatic rings. The van der Waals surface area contributed by atoms with Gasteiger partial charge in [-0.3, -0.25) is 9.63 Å². The minimum Gasteiger partial charge on any atom is -0.389 e. The van der Waals surface area contributed by atoms with E-state index in [0.717, 1.165) is 5.06 Å². The minimum atomic E-state index is -1.85. The molecule has 0 fully saturated rings. The van der Waals surface area contributed by atoms with Crippen molar-refractivity contribution in [3.63, 3.8) is 0 Å². The van der Waals surface area contributed by atoms with Crippen LogP contribution in [0.4, 0.5) is 0 Å². The largest absolute Gasteiger partial charge is 0.389 e. The lowest BCUT2D eigenvalue weighted by Gasteiger charge is -2.27. The Bertz CT molecular complexity index is 199. The number of carbonyl (C=O) groups excluding carboxylic acids is 1. The quantitative estimate of drug-likeness (QED) is 0.586. The van der Waals surface area contributed by atoms with Crippen LogP contribution in [0.2, 0.25) is 0 Å². The topological polar surface area (TPSA) is 49.8 Å². The molecular formula is C8H15Cl2NO3. The maximum Gasteiger partial charge on any atom is 0.284 e.